The number of benzene rings is 1. The molecule has 0 saturated heterocycles. The minimum atomic E-state index is -0.138. The SMILES string of the molecule is Cc1cnc(CNC(=O)C2=CC=C(c3ccc(/C=C4/C(=O)Nc5ccccc54)o3)CC2)cn1. The van der Waals surface area contributed by atoms with Crippen molar-refractivity contribution in [2.45, 2.75) is 26.3 Å². The minimum Gasteiger partial charge on any atom is -0.457 e. The molecule has 3 heterocycles. The predicted molar refractivity (Wildman–Crippen MR) is 126 cm³/mol. The number of allylic oxidation sites excluding steroid dienone is 3. The van der Waals surface area contributed by atoms with E-state index in [9.17, 15) is 9.59 Å². The van der Waals surface area contributed by atoms with Crippen LogP contribution >= 0.6 is 0 Å². The fourth-order valence-corrected chi connectivity index (χ4v) is 3.85. The zero-order valence-electron chi connectivity index (χ0n) is 18.1. The van der Waals surface area contributed by atoms with Crippen molar-refractivity contribution < 1.29 is 14.0 Å². The summed E-state index contributed by atoms with van der Waals surface area (Å²) >= 11 is 0. The molecule has 1 aromatic carbocycles. The van der Waals surface area contributed by atoms with Crippen molar-refractivity contribution in [1.29, 1.82) is 0 Å². The number of hydrogen-bond acceptors (Lipinski definition) is 5. The summed E-state index contributed by atoms with van der Waals surface area (Å²) in [4.78, 5) is 33.2. The number of carbonyl (C=O) groups is 2. The molecule has 2 amide bonds. The molecule has 1 aliphatic carbocycles. The quantitative estimate of drug-likeness (QED) is 0.579. The van der Waals surface area contributed by atoms with E-state index < -0.39 is 0 Å². The van der Waals surface area contributed by atoms with Gasteiger partial charge in [0.05, 0.1) is 29.7 Å². The maximum absolute atomic E-state index is 12.5. The lowest BCUT2D eigenvalue weighted by molar-refractivity contribution is -0.117. The molecule has 0 saturated carbocycles. The highest BCUT2D eigenvalue weighted by molar-refractivity contribution is 6.34. The van der Waals surface area contributed by atoms with Crippen molar-refractivity contribution in [3.63, 3.8) is 0 Å². The van der Waals surface area contributed by atoms with Crippen LogP contribution in [0.15, 0.2) is 70.9 Å². The standard InChI is InChI=1S/C26H22N4O3/c1-16-13-28-19(14-27-16)15-29-25(31)18-8-6-17(7-9-18)24-11-10-20(33-24)12-22-21-4-2-3-5-23(21)30-26(22)32/h2-6,8,10-14H,7,9,15H2,1H3,(H,29,31)(H,30,32)/b22-12+. The molecule has 0 bridgehead atoms. The van der Waals surface area contributed by atoms with Crippen LogP contribution in [0, 0.1) is 6.92 Å². The lowest BCUT2D eigenvalue weighted by atomic mass is 9.96. The molecule has 33 heavy (non-hydrogen) atoms. The van der Waals surface area contributed by atoms with Crippen LogP contribution in [0.25, 0.3) is 17.2 Å². The molecular formula is C26H22N4O3. The Balaban J connectivity index is 1.26. The third-order valence-corrected chi connectivity index (χ3v) is 5.65. The topological polar surface area (TPSA) is 97.1 Å². The summed E-state index contributed by atoms with van der Waals surface area (Å²) in [5.41, 5.74) is 5.54. The second-order valence-electron chi connectivity index (χ2n) is 7.98. The smallest absolute Gasteiger partial charge is 0.256 e. The number of hydrogen-bond donors (Lipinski definition) is 2. The Morgan fingerprint density at radius 1 is 1.12 bits per heavy atom. The van der Waals surface area contributed by atoms with Crippen LogP contribution in [0.1, 0.15) is 41.3 Å². The number of anilines is 1. The molecule has 1 aliphatic heterocycles. The van der Waals surface area contributed by atoms with Gasteiger partial charge in [-0.05, 0) is 49.6 Å². The minimum absolute atomic E-state index is 0.108. The molecular weight excluding hydrogens is 416 g/mol. The molecule has 0 spiro atoms. The second-order valence-corrected chi connectivity index (χ2v) is 7.98. The predicted octanol–water partition coefficient (Wildman–Crippen LogP) is 4.29. The van der Waals surface area contributed by atoms with Gasteiger partial charge in [-0.25, -0.2) is 0 Å². The van der Waals surface area contributed by atoms with E-state index in [0.29, 0.717) is 36.3 Å². The fourth-order valence-electron chi connectivity index (χ4n) is 3.85. The van der Waals surface area contributed by atoms with Crippen LogP contribution in [-0.2, 0) is 16.1 Å². The lowest BCUT2D eigenvalue weighted by Gasteiger charge is -2.13. The molecule has 0 unspecified atom stereocenters. The maximum Gasteiger partial charge on any atom is 0.256 e. The first-order valence-corrected chi connectivity index (χ1v) is 10.7. The van der Waals surface area contributed by atoms with Crippen LogP contribution in [-0.4, -0.2) is 21.8 Å². The Hall–Kier alpha value is -4.26. The van der Waals surface area contributed by atoms with Gasteiger partial charge < -0.3 is 15.1 Å². The van der Waals surface area contributed by atoms with Crippen LogP contribution in [0.5, 0.6) is 0 Å². The van der Waals surface area contributed by atoms with Gasteiger partial charge in [-0.15, -0.1) is 0 Å². The first-order chi connectivity index (χ1) is 16.1. The van der Waals surface area contributed by atoms with Gasteiger partial charge in [0, 0.05) is 23.0 Å². The Morgan fingerprint density at radius 2 is 2.00 bits per heavy atom. The zero-order valence-corrected chi connectivity index (χ0v) is 18.1. The van der Waals surface area contributed by atoms with Gasteiger partial charge in [0.25, 0.3) is 5.91 Å². The summed E-state index contributed by atoms with van der Waals surface area (Å²) in [6, 6.07) is 11.3. The third kappa shape index (κ3) is 4.39. The number of para-hydroxylation sites is 1. The molecule has 5 rings (SSSR count). The van der Waals surface area contributed by atoms with Gasteiger partial charge in [-0.3, -0.25) is 19.6 Å². The second kappa shape index (κ2) is 8.70. The average Bonchev–Trinajstić information content (AvgIpc) is 3.43. The Morgan fingerprint density at radius 3 is 2.79 bits per heavy atom. The van der Waals surface area contributed by atoms with Gasteiger partial charge >= 0.3 is 0 Å². The summed E-state index contributed by atoms with van der Waals surface area (Å²) in [6.07, 6.45) is 10.2. The van der Waals surface area contributed by atoms with Crippen molar-refractivity contribution >= 4 is 34.7 Å². The Labute approximate surface area is 191 Å². The number of carbonyl (C=O) groups excluding carboxylic acids is 2. The first-order valence-electron chi connectivity index (χ1n) is 10.7. The normalized spacial score (nSPS) is 16.2. The van der Waals surface area contributed by atoms with Crippen molar-refractivity contribution in [2.24, 2.45) is 0 Å². The highest BCUT2D eigenvalue weighted by Gasteiger charge is 2.24. The van der Waals surface area contributed by atoms with Gasteiger partial charge in [-0.2, -0.15) is 0 Å². The number of furan rings is 1. The van der Waals surface area contributed by atoms with Crippen molar-refractivity contribution in [1.82, 2.24) is 15.3 Å². The number of amides is 2. The van der Waals surface area contributed by atoms with E-state index in [1.807, 2.05) is 55.5 Å². The highest BCUT2D eigenvalue weighted by atomic mass is 16.3. The lowest BCUT2D eigenvalue weighted by Crippen LogP contribution is -2.25. The van der Waals surface area contributed by atoms with Gasteiger partial charge in [0.15, 0.2) is 0 Å². The van der Waals surface area contributed by atoms with Crippen molar-refractivity contribution in [2.75, 3.05) is 5.32 Å². The van der Waals surface area contributed by atoms with Gasteiger partial charge in [0.1, 0.15) is 11.5 Å². The van der Waals surface area contributed by atoms with Crippen molar-refractivity contribution in [3.8, 4) is 0 Å². The number of rotatable bonds is 5. The summed E-state index contributed by atoms with van der Waals surface area (Å²) in [5.74, 6) is 1.10. The first kappa shape index (κ1) is 20.6. The summed E-state index contributed by atoms with van der Waals surface area (Å²) in [7, 11) is 0. The van der Waals surface area contributed by atoms with Gasteiger partial charge in [-0.1, -0.05) is 30.4 Å². The van der Waals surface area contributed by atoms with E-state index in [1.165, 1.54) is 0 Å². The van der Waals surface area contributed by atoms with E-state index >= 15 is 0 Å². The molecule has 2 aromatic heterocycles. The van der Waals surface area contributed by atoms with Crippen LogP contribution in [0.4, 0.5) is 5.69 Å². The zero-order chi connectivity index (χ0) is 22.8. The fraction of sp³-hybridized carbons (Fsp3) is 0.154. The molecule has 0 fully saturated rings. The number of aromatic nitrogens is 2. The van der Waals surface area contributed by atoms with E-state index in [2.05, 4.69) is 20.6 Å². The molecule has 3 aromatic rings. The third-order valence-electron chi connectivity index (χ3n) is 5.65. The Kier molecular flexibility index (Phi) is 5.44. The number of nitrogens with zero attached hydrogens (tertiary/aromatic N) is 2. The van der Waals surface area contributed by atoms with Crippen molar-refractivity contribution in [3.05, 3.63) is 95.0 Å². The van der Waals surface area contributed by atoms with Gasteiger partial charge in [0.2, 0.25) is 5.91 Å². The molecule has 2 N–H and O–H groups in total. The average molecular weight is 438 g/mol. The molecule has 7 nitrogen and oxygen atoms in total. The molecule has 0 atom stereocenters. The largest absolute Gasteiger partial charge is 0.457 e. The molecule has 0 radical (unpaired) electrons. The van der Waals surface area contributed by atoms with E-state index in [1.54, 1.807) is 18.5 Å². The van der Waals surface area contributed by atoms with Crippen LogP contribution in [0.3, 0.4) is 0 Å². The van der Waals surface area contributed by atoms with E-state index in [0.717, 1.165) is 34.0 Å². The maximum atomic E-state index is 12.5. The highest BCUT2D eigenvalue weighted by Crippen LogP contribution is 2.34. The van der Waals surface area contributed by atoms with E-state index in [-0.39, 0.29) is 11.8 Å². The molecule has 7 heteroatoms. The summed E-state index contributed by atoms with van der Waals surface area (Å²) < 4.78 is 5.99. The van der Waals surface area contributed by atoms with Crippen LogP contribution < -0.4 is 10.6 Å². The number of nitrogens with one attached hydrogen (secondary N) is 2. The monoisotopic (exact) mass is 438 g/mol. The number of fused-ring (bicyclic) bond motifs is 1. The summed E-state index contributed by atoms with van der Waals surface area (Å²) in [6.45, 7) is 2.21. The van der Waals surface area contributed by atoms with Crippen LogP contribution in [0.2, 0.25) is 0 Å². The Bertz CT molecular complexity index is 1330. The number of aryl methyl sites for hydroxylation is 1. The summed E-state index contributed by atoms with van der Waals surface area (Å²) in [5, 5.41) is 5.75. The molecule has 2 aliphatic rings. The molecule has 164 valence electrons. The van der Waals surface area contributed by atoms with E-state index in [4.69, 9.17) is 4.42 Å².